The summed E-state index contributed by atoms with van der Waals surface area (Å²) in [4.78, 5) is 53.4. The molecule has 4 amide bonds. The van der Waals surface area contributed by atoms with Crippen LogP contribution in [-0.2, 0) is 9.59 Å². The Kier molecular flexibility index (Phi) is 5.88. The number of hydrazine groups is 1. The predicted octanol–water partition coefficient (Wildman–Crippen LogP) is 3.14. The molecule has 2 N–H and O–H groups in total. The number of para-hydroxylation sites is 1. The maximum Gasteiger partial charge on any atom is 0.255 e. The number of fused-ring (bicyclic) bond motifs is 1. The van der Waals surface area contributed by atoms with Crippen LogP contribution in [0, 0.1) is 11.8 Å². The van der Waals surface area contributed by atoms with E-state index in [9.17, 15) is 19.2 Å². The van der Waals surface area contributed by atoms with Gasteiger partial charge in [-0.15, -0.1) is 0 Å². The Balaban J connectivity index is 1.36. The third-order valence-electron chi connectivity index (χ3n) is 6.69. The normalized spacial score (nSPS) is 21.8. The van der Waals surface area contributed by atoms with E-state index in [-0.39, 0.29) is 23.6 Å². The van der Waals surface area contributed by atoms with Crippen molar-refractivity contribution >= 4 is 35.0 Å². The zero-order valence-electron chi connectivity index (χ0n) is 18.7. The summed E-state index contributed by atoms with van der Waals surface area (Å²) in [5, 5.41) is 4.08. The summed E-state index contributed by atoms with van der Waals surface area (Å²) < 4.78 is 0. The highest BCUT2D eigenvalue weighted by Crippen LogP contribution is 2.32. The van der Waals surface area contributed by atoms with Gasteiger partial charge in [0.1, 0.15) is 0 Å². The molecule has 2 aromatic rings. The molecule has 0 radical (unpaired) electrons. The van der Waals surface area contributed by atoms with E-state index in [2.05, 4.69) is 10.7 Å². The van der Waals surface area contributed by atoms with Crippen molar-refractivity contribution in [3.63, 3.8) is 0 Å². The van der Waals surface area contributed by atoms with Gasteiger partial charge in [-0.3, -0.25) is 24.6 Å². The Hall–Kier alpha value is -3.94. The molecule has 8 heteroatoms. The van der Waals surface area contributed by atoms with Crippen molar-refractivity contribution < 1.29 is 19.2 Å². The molecule has 0 aromatic heterocycles. The van der Waals surface area contributed by atoms with Crippen molar-refractivity contribution in [1.29, 1.82) is 0 Å². The maximum atomic E-state index is 13.1. The van der Waals surface area contributed by atoms with E-state index in [4.69, 9.17) is 0 Å². The Morgan fingerprint density at radius 2 is 1.65 bits per heavy atom. The van der Waals surface area contributed by atoms with Gasteiger partial charge in [0.2, 0.25) is 11.8 Å². The van der Waals surface area contributed by atoms with Crippen LogP contribution in [0.25, 0.3) is 0 Å². The van der Waals surface area contributed by atoms with Gasteiger partial charge in [-0.05, 0) is 56.0 Å². The molecular formula is C26H26N4O4. The van der Waals surface area contributed by atoms with Crippen LogP contribution in [0.5, 0.6) is 0 Å². The van der Waals surface area contributed by atoms with E-state index in [1.165, 1.54) is 5.01 Å². The van der Waals surface area contributed by atoms with Crippen LogP contribution >= 0.6 is 0 Å². The van der Waals surface area contributed by atoms with Crippen molar-refractivity contribution in [1.82, 2.24) is 10.3 Å². The van der Waals surface area contributed by atoms with Gasteiger partial charge in [-0.25, -0.2) is 5.01 Å². The third-order valence-corrected chi connectivity index (χ3v) is 6.69. The van der Waals surface area contributed by atoms with Gasteiger partial charge in [0.05, 0.1) is 28.8 Å². The maximum absolute atomic E-state index is 13.1. The second-order valence-corrected chi connectivity index (χ2v) is 8.85. The van der Waals surface area contributed by atoms with E-state index >= 15 is 0 Å². The number of allylic oxidation sites excluding steroid dienone is 2. The molecule has 34 heavy (non-hydrogen) atoms. The van der Waals surface area contributed by atoms with E-state index in [0.29, 0.717) is 35.3 Å². The summed E-state index contributed by atoms with van der Waals surface area (Å²) in [5.41, 5.74) is 4.30. The Labute approximate surface area is 197 Å². The first-order valence-corrected chi connectivity index (χ1v) is 11.6. The van der Waals surface area contributed by atoms with Crippen LogP contribution in [0.4, 0.5) is 11.4 Å². The van der Waals surface area contributed by atoms with Crippen LogP contribution in [-0.4, -0.2) is 41.6 Å². The van der Waals surface area contributed by atoms with E-state index in [0.717, 1.165) is 25.9 Å². The minimum atomic E-state index is -0.405. The molecule has 0 unspecified atom stereocenters. The number of carbonyl (C=O) groups is 4. The minimum Gasteiger partial charge on any atom is -0.339 e. The van der Waals surface area contributed by atoms with Gasteiger partial charge in [0.15, 0.2) is 0 Å². The first-order chi connectivity index (χ1) is 16.5. The molecule has 2 atom stereocenters. The molecule has 0 bridgehead atoms. The fraction of sp³-hybridized carbons (Fsp3) is 0.308. The first kappa shape index (κ1) is 21.9. The second kappa shape index (κ2) is 9.13. The number of likely N-dealkylation sites (tertiary alicyclic amines) is 1. The quantitative estimate of drug-likeness (QED) is 0.688. The standard InChI is InChI=1S/C26H26N4O4/c31-23(27-22-13-4-3-12-21(22)25(33)29-14-5-6-15-29)17-8-7-9-18(16-17)30-26(34)20-11-2-1-10-19(20)24(32)28-30/h1-4,7-9,12-13,16,19-20H,5-6,10-11,14-15H2,(H,27,31)(H,28,32)/t19-,20+/m0/s1. The summed E-state index contributed by atoms with van der Waals surface area (Å²) in [5.74, 6) is -1.64. The van der Waals surface area contributed by atoms with Gasteiger partial charge < -0.3 is 10.2 Å². The highest BCUT2D eigenvalue weighted by Gasteiger charge is 2.42. The lowest BCUT2D eigenvalue weighted by atomic mass is 9.80. The topological polar surface area (TPSA) is 98.8 Å². The number of hydrogen-bond acceptors (Lipinski definition) is 4. The van der Waals surface area contributed by atoms with E-state index in [1.807, 2.05) is 12.2 Å². The van der Waals surface area contributed by atoms with Crippen molar-refractivity contribution in [3.8, 4) is 0 Å². The molecule has 0 spiro atoms. The van der Waals surface area contributed by atoms with Crippen LogP contribution in [0.15, 0.2) is 60.7 Å². The Bertz CT molecular complexity index is 1180. The molecule has 2 saturated heterocycles. The summed E-state index contributed by atoms with van der Waals surface area (Å²) in [6.45, 7) is 1.44. The molecule has 5 rings (SSSR count). The number of amides is 4. The number of carbonyl (C=O) groups excluding carboxylic acids is 4. The lowest BCUT2D eigenvalue weighted by Crippen LogP contribution is -2.59. The Morgan fingerprint density at radius 3 is 2.44 bits per heavy atom. The Morgan fingerprint density at radius 1 is 0.912 bits per heavy atom. The van der Waals surface area contributed by atoms with Gasteiger partial charge in [-0.1, -0.05) is 30.4 Å². The monoisotopic (exact) mass is 458 g/mol. The molecule has 3 aliphatic rings. The molecule has 2 aliphatic heterocycles. The molecule has 1 aliphatic carbocycles. The number of hydrogen-bond donors (Lipinski definition) is 2. The predicted molar refractivity (Wildman–Crippen MR) is 127 cm³/mol. The largest absolute Gasteiger partial charge is 0.339 e. The summed E-state index contributed by atoms with van der Waals surface area (Å²) in [7, 11) is 0. The molecule has 2 heterocycles. The average Bonchev–Trinajstić information content (AvgIpc) is 3.41. The molecule has 2 fully saturated rings. The highest BCUT2D eigenvalue weighted by molar-refractivity contribution is 6.10. The first-order valence-electron chi connectivity index (χ1n) is 11.6. The average molecular weight is 459 g/mol. The number of anilines is 2. The van der Waals surface area contributed by atoms with Gasteiger partial charge in [-0.2, -0.15) is 0 Å². The summed E-state index contributed by atoms with van der Waals surface area (Å²) >= 11 is 0. The summed E-state index contributed by atoms with van der Waals surface area (Å²) in [6, 6.07) is 13.5. The minimum absolute atomic E-state index is 0.0973. The number of benzene rings is 2. The van der Waals surface area contributed by atoms with Crippen LogP contribution in [0.2, 0.25) is 0 Å². The zero-order valence-corrected chi connectivity index (χ0v) is 18.7. The van der Waals surface area contributed by atoms with Crippen LogP contribution < -0.4 is 15.8 Å². The van der Waals surface area contributed by atoms with Crippen LogP contribution in [0.3, 0.4) is 0 Å². The zero-order chi connectivity index (χ0) is 23.7. The molecular weight excluding hydrogens is 432 g/mol. The fourth-order valence-electron chi connectivity index (χ4n) is 4.83. The van der Waals surface area contributed by atoms with E-state index < -0.39 is 11.8 Å². The van der Waals surface area contributed by atoms with Crippen molar-refractivity contribution in [2.75, 3.05) is 23.4 Å². The molecule has 8 nitrogen and oxygen atoms in total. The van der Waals surface area contributed by atoms with Gasteiger partial charge in [0.25, 0.3) is 11.8 Å². The fourth-order valence-corrected chi connectivity index (χ4v) is 4.83. The van der Waals surface area contributed by atoms with Crippen molar-refractivity contribution in [2.45, 2.75) is 25.7 Å². The molecule has 0 saturated carbocycles. The third kappa shape index (κ3) is 4.07. The second-order valence-electron chi connectivity index (χ2n) is 8.85. The smallest absolute Gasteiger partial charge is 0.255 e. The number of nitrogens with one attached hydrogen (secondary N) is 2. The highest BCUT2D eigenvalue weighted by atomic mass is 16.2. The molecule has 174 valence electrons. The lowest BCUT2D eigenvalue weighted by molar-refractivity contribution is -0.139. The lowest BCUT2D eigenvalue weighted by Gasteiger charge is -2.38. The number of rotatable bonds is 4. The van der Waals surface area contributed by atoms with Gasteiger partial charge >= 0.3 is 0 Å². The molecule has 2 aromatic carbocycles. The number of nitrogens with zero attached hydrogens (tertiary/aromatic N) is 2. The van der Waals surface area contributed by atoms with Gasteiger partial charge in [0, 0.05) is 18.7 Å². The summed E-state index contributed by atoms with van der Waals surface area (Å²) in [6.07, 6.45) is 6.90. The van der Waals surface area contributed by atoms with Crippen molar-refractivity contribution in [2.24, 2.45) is 11.8 Å². The van der Waals surface area contributed by atoms with Crippen LogP contribution in [0.1, 0.15) is 46.4 Å². The SMILES string of the molecule is O=C(Nc1ccccc1C(=O)N1CCCC1)c1cccc(N2NC(=O)[C@H]3CC=CC[C@H]3C2=O)c1. The van der Waals surface area contributed by atoms with Crippen molar-refractivity contribution in [3.05, 3.63) is 71.8 Å². The van der Waals surface area contributed by atoms with E-state index in [1.54, 1.807) is 53.4 Å².